The summed E-state index contributed by atoms with van der Waals surface area (Å²) in [5.74, 6) is 0.662. The monoisotopic (exact) mass is 217 g/mol. The molecule has 0 unspecified atom stereocenters. The Morgan fingerprint density at radius 2 is 2.31 bits per heavy atom. The molecule has 2 heterocycles. The molecule has 0 aliphatic carbocycles. The molecule has 1 N–H and O–H groups in total. The number of hydrogen-bond donors (Lipinski definition) is 1. The van der Waals surface area contributed by atoms with Crippen LogP contribution in [0.5, 0.6) is 0 Å². The van der Waals surface area contributed by atoms with Gasteiger partial charge in [-0.15, -0.1) is 0 Å². The molecule has 2 aromatic rings. The predicted octanol–water partition coefficient (Wildman–Crippen LogP) is 1.08. The van der Waals surface area contributed by atoms with Crippen LogP contribution in [0.3, 0.4) is 0 Å². The van der Waals surface area contributed by atoms with Crippen LogP contribution >= 0.6 is 0 Å². The van der Waals surface area contributed by atoms with Crippen LogP contribution < -0.4 is 5.32 Å². The fourth-order valence-corrected chi connectivity index (χ4v) is 1.41. The van der Waals surface area contributed by atoms with E-state index in [1.165, 1.54) is 0 Å². The third-order valence-corrected chi connectivity index (χ3v) is 2.37. The van der Waals surface area contributed by atoms with Gasteiger partial charge in [-0.25, -0.2) is 15.0 Å². The van der Waals surface area contributed by atoms with Crippen molar-refractivity contribution in [3.8, 4) is 5.95 Å². The molecular formula is C11H15N5. The molecule has 0 amide bonds. The van der Waals surface area contributed by atoms with Crippen molar-refractivity contribution >= 4 is 0 Å². The Bertz CT molecular complexity index is 449. The summed E-state index contributed by atoms with van der Waals surface area (Å²) in [6, 6.07) is 0. The lowest BCUT2D eigenvalue weighted by molar-refractivity contribution is 0.713. The van der Waals surface area contributed by atoms with Crippen molar-refractivity contribution in [2.75, 3.05) is 6.54 Å². The van der Waals surface area contributed by atoms with Gasteiger partial charge in [0.1, 0.15) is 6.33 Å². The van der Waals surface area contributed by atoms with E-state index in [1.54, 1.807) is 17.1 Å². The highest BCUT2D eigenvalue weighted by atomic mass is 15.2. The Kier molecular flexibility index (Phi) is 3.26. The molecular weight excluding hydrogens is 202 g/mol. The van der Waals surface area contributed by atoms with E-state index in [-0.39, 0.29) is 0 Å². The Morgan fingerprint density at radius 3 is 2.94 bits per heavy atom. The second-order valence-corrected chi connectivity index (χ2v) is 3.53. The zero-order valence-corrected chi connectivity index (χ0v) is 9.51. The molecule has 0 bridgehead atoms. The maximum absolute atomic E-state index is 4.44. The molecule has 0 radical (unpaired) electrons. The third-order valence-electron chi connectivity index (χ3n) is 2.37. The standard InChI is InChI=1S/C11H15N5/c1-3-12-6-10-7-14-11(15-9(10)2)16-5-4-13-8-16/h4-5,7-8,12H,3,6H2,1-2H3. The molecule has 0 aromatic carbocycles. The van der Waals surface area contributed by atoms with Gasteiger partial charge in [0.25, 0.3) is 0 Å². The summed E-state index contributed by atoms with van der Waals surface area (Å²) in [4.78, 5) is 12.7. The molecule has 0 fully saturated rings. The lowest BCUT2D eigenvalue weighted by atomic mass is 10.2. The first-order valence-corrected chi connectivity index (χ1v) is 5.33. The maximum Gasteiger partial charge on any atom is 0.235 e. The largest absolute Gasteiger partial charge is 0.313 e. The minimum absolute atomic E-state index is 0.662. The predicted molar refractivity (Wildman–Crippen MR) is 61.3 cm³/mol. The van der Waals surface area contributed by atoms with E-state index in [4.69, 9.17) is 0 Å². The normalized spacial score (nSPS) is 10.6. The summed E-state index contributed by atoms with van der Waals surface area (Å²) < 4.78 is 1.80. The summed E-state index contributed by atoms with van der Waals surface area (Å²) in [6.45, 7) is 5.83. The molecule has 84 valence electrons. The zero-order valence-electron chi connectivity index (χ0n) is 9.51. The topological polar surface area (TPSA) is 55.6 Å². The van der Waals surface area contributed by atoms with Gasteiger partial charge in [-0.1, -0.05) is 6.92 Å². The van der Waals surface area contributed by atoms with Gasteiger partial charge in [0.2, 0.25) is 5.95 Å². The van der Waals surface area contributed by atoms with E-state index in [1.807, 2.05) is 19.3 Å². The van der Waals surface area contributed by atoms with Crippen LogP contribution in [0.25, 0.3) is 5.95 Å². The molecule has 0 aliphatic heterocycles. The molecule has 0 aliphatic rings. The van der Waals surface area contributed by atoms with Crippen molar-refractivity contribution in [3.05, 3.63) is 36.2 Å². The second kappa shape index (κ2) is 4.85. The third kappa shape index (κ3) is 2.25. The molecule has 0 spiro atoms. The smallest absolute Gasteiger partial charge is 0.235 e. The van der Waals surface area contributed by atoms with E-state index in [2.05, 4.69) is 27.2 Å². The number of rotatable bonds is 4. The lowest BCUT2D eigenvalue weighted by Gasteiger charge is -2.07. The Morgan fingerprint density at radius 1 is 1.44 bits per heavy atom. The molecule has 0 saturated carbocycles. The molecule has 0 atom stereocenters. The molecule has 0 saturated heterocycles. The van der Waals surface area contributed by atoms with Gasteiger partial charge in [-0.05, 0) is 13.5 Å². The maximum atomic E-state index is 4.44. The highest BCUT2D eigenvalue weighted by Gasteiger charge is 2.03. The van der Waals surface area contributed by atoms with Gasteiger partial charge in [-0.3, -0.25) is 4.57 Å². The lowest BCUT2D eigenvalue weighted by Crippen LogP contribution is -2.14. The number of imidazole rings is 1. The van der Waals surface area contributed by atoms with E-state index in [9.17, 15) is 0 Å². The van der Waals surface area contributed by atoms with Gasteiger partial charge in [0.05, 0.1) is 0 Å². The van der Waals surface area contributed by atoms with Crippen LogP contribution in [0.1, 0.15) is 18.2 Å². The molecule has 2 aromatic heterocycles. The van der Waals surface area contributed by atoms with Crippen LogP contribution in [0, 0.1) is 6.92 Å². The van der Waals surface area contributed by atoms with E-state index >= 15 is 0 Å². The van der Waals surface area contributed by atoms with Crippen molar-refractivity contribution in [2.45, 2.75) is 20.4 Å². The first-order valence-electron chi connectivity index (χ1n) is 5.33. The molecule has 5 heteroatoms. The number of aromatic nitrogens is 4. The van der Waals surface area contributed by atoms with E-state index in [0.717, 1.165) is 24.3 Å². The van der Waals surface area contributed by atoms with Crippen LogP contribution in [0.15, 0.2) is 24.9 Å². The minimum atomic E-state index is 0.662. The van der Waals surface area contributed by atoms with E-state index in [0.29, 0.717) is 5.95 Å². The Hall–Kier alpha value is -1.75. The Balaban J connectivity index is 2.23. The minimum Gasteiger partial charge on any atom is -0.313 e. The van der Waals surface area contributed by atoms with Gasteiger partial charge in [0, 0.05) is 36.4 Å². The van der Waals surface area contributed by atoms with Crippen LogP contribution in [-0.2, 0) is 6.54 Å². The Labute approximate surface area is 94.6 Å². The number of hydrogen-bond acceptors (Lipinski definition) is 4. The average Bonchev–Trinajstić information content (AvgIpc) is 2.81. The van der Waals surface area contributed by atoms with Crippen molar-refractivity contribution in [1.82, 2.24) is 24.8 Å². The highest BCUT2D eigenvalue weighted by molar-refractivity contribution is 5.21. The van der Waals surface area contributed by atoms with Crippen LogP contribution in [0.4, 0.5) is 0 Å². The van der Waals surface area contributed by atoms with Gasteiger partial charge < -0.3 is 5.32 Å². The quantitative estimate of drug-likeness (QED) is 0.832. The summed E-state index contributed by atoms with van der Waals surface area (Å²) in [7, 11) is 0. The summed E-state index contributed by atoms with van der Waals surface area (Å²) in [5.41, 5.74) is 2.13. The summed E-state index contributed by atoms with van der Waals surface area (Å²) in [6.07, 6.45) is 7.10. The first kappa shape index (κ1) is 10.8. The molecule has 16 heavy (non-hydrogen) atoms. The van der Waals surface area contributed by atoms with Gasteiger partial charge >= 0.3 is 0 Å². The average molecular weight is 217 g/mol. The molecule has 5 nitrogen and oxygen atoms in total. The van der Waals surface area contributed by atoms with Crippen LogP contribution in [0.2, 0.25) is 0 Å². The number of aryl methyl sites for hydroxylation is 1. The van der Waals surface area contributed by atoms with Crippen molar-refractivity contribution in [1.29, 1.82) is 0 Å². The SMILES string of the molecule is CCNCc1cnc(-n2ccnc2)nc1C. The zero-order chi connectivity index (χ0) is 11.4. The van der Waals surface area contributed by atoms with Crippen LogP contribution in [-0.4, -0.2) is 26.1 Å². The number of nitrogens with one attached hydrogen (secondary N) is 1. The fraction of sp³-hybridized carbons (Fsp3) is 0.364. The second-order valence-electron chi connectivity index (χ2n) is 3.53. The first-order chi connectivity index (χ1) is 7.81. The summed E-state index contributed by atoms with van der Waals surface area (Å²) in [5, 5.41) is 3.26. The van der Waals surface area contributed by atoms with Crippen molar-refractivity contribution in [3.63, 3.8) is 0 Å². The molecule has 2 rings (SSSR count). The highest BCUT2D eigenvalue weighted by Crippen LogP contribution is 2.06. The van der Waals surface area contributed by atoms with E-state index < -0.39 is 0 Å². The number of nitrogens with zero attached hydrogens (tertiary/aromatic N) is 4. The van der Waals surface area contributed by atoms with Crippen molar-refractivity contribution < 1.29 is 0 Å². The van der Waals surface area contributed by atoms with Crippen molar-refractivity contribution in [2.24, 2.45) is 0 Å². The fourth-order valence-electron chi connectivity index (χ4n) is 1.41. The van der Waals surface area contributed by atoms with Gasteiger partial charge in [-0.2, -0.15) is 0 Å². The summed E-state index contributed by atoms with van der Waals surface area (Å²) >= 11 is 0. The van der Waals surface area contributed by atoms with Gasteiger partial charge in [0.15, 0.2) is 0 Å².